The number of rotatable bonds is 4. The fraction of sp³-hybridized carbons (Fsp3) is 0.214. The summed E-state index contributed by atoms with van der Waals surface area (Å²) in [7, 11) is -4.15. The Morgan fingerprint density at radius 1 is 1.16 bits per heavy atom. The van der Waals surface area contributed by atoms with Gasteiger partial charge in [0.2, 0.25) is 0 Å². The summed E-state index contributed by atoms with van der Waals surface area (Å²) in [6.07, 6.45) is 0. The summed E-state index contributed by atoms with van der Waals surface area (Å²) in [5.74, 6) is -1.62. The van der Waals surface area contributed by atoms with Crippen LogP contribution in [0.25, 0.3) is 10.8 Å². The van der Waals surface area contributed by atoms with Crippen molar-refractivity contribution in [2.45, 2.75) is 6.92 Å². The van der Waals surface area contributed by atoms with E-state index >= 15 is 0 Å². The predicted molar refractivity (Wildman–Crippen MR) is 73.9 cm³/mol. The Labute approximate surface area is 111 Å². The minimum Gasteiger partial charge on any atom is -0.294 e. The predicted octanol–water partition coefficient (Wildman–Crippen LogP) is 2.55. The lowest BCUT2D eigenvalue weighted by atomic mass is 9.95. The van der Waals surface area contributed by atoms with Crippen LogP contribution in [0.15, 0.2) is 42.5 Å². The molecule has 100 valence electrons. The molecule has 0 aromatic heterocycles. The molecule has 0 amide bonds. The highest BCUT2D eigenvalue weighted by Gasteiger charge is 2.22. The molecule has 19 heavy (non-hydrogen) atoms. The highest BCUT2D eigenvalue weighted by Crippen LogP contribution is 2.21. The second-order valence-electron chi connectivity index (χ2n) is 4.54. The van der Waals surface area contributed by atoms with E-state index in [0.29, 0.717) is 5.56 Å². The van der Waals surface area contributed by atoms with E-state index in [-0.39, 0.29) is 5.78 Å². The van der Waals surface area contributed by atoms with Crippen LogP contribution < -0.4 is 0 Å². The lowest BCUT2D eigenvalue weighted by Gasteiger charge is -2.10. The molecule has 1 N–H and O–H groups in total. The Morgan fingerprint density at radius 3 is 2.47 bits per heavy atom. The van der Waals surface area contributed by atoms with Gasteiger partial charge in [0.25, 0.3) is 10.1 Å². The van der Waals surface area contributed by atoms with E-state index in [2.05, 4.69) is 0 Å². The van der Waals surface area contributed by atoms with Crippen LogP contribution in [-0.4, -0.2) is 24.5 Å². The van der Waals surface area contributed by atoms with Gasteiger partial charge in [-0.2, -0.15) is 8.42 Å². The molecule has 0 spiro atoms. The van der Waals surface area contributed by atoms with Gasteiger partial charge in [0.05, 0.1) is 5.75 Å². The monoisotopic (exact) mass is 278 g/mol. The van der Waals surface area contributed by atoms with E-state index in [1.165, 1.54) is 6.92 Å². The molecule has 0 bridgehead atoms. The highest BCUT2D eigenvalue weighted by molar-refractivity contribution is 7.85. The molecule has 0 aliphatic heterocycles. The third-order valence-electron chi connectivity index (χ3n) is 2.96. The number of Topliss-reactive ketones (excluding diaryl/α,β-unsaturated/α-hetero) is 1. The van der Waals surface area contributed by atoms with Gasteiger partial charge < -0.3 is 0 Å². The van der Waals surface area contributed by atoms with Gasteiger partial charge >= 0.3 is 0 Å². The van der Waals surface area contributed by atoms with Crippen molar-refractivity contribution in [3.63, 3.8) is 0 Å². The van der Waals surface area contributed by atoms with Crippen molar-refractivity contribution in [3.05, 3.63) is 48.0 Å². The number of ketones is 1. The molecule has 0 heterocycles. The van der Waals surface area contributed by atoms with Crippen molar-refractivity contribution in [1.82, 2.24) is 0 Å². The zero-order chi connectivity index (χ0) is 14.0. The van der Waals surface area contributed by atoms with E-state index in [0.717, 1.165) is 10.8 Å². The maximum Gasteiger partial charge on any atom is 0.265 e. The number of carbonyl (C=O) groups is 1. The van der Waals surface area contributed by atoms with Crippen molar-refractivity contribution < 1.29 is 17.8 Å². The van der Waals surface area contributed by atoms with Crippen molar-refractivity contribution in [1.29, 1.82) is 0 Å². The van der Waals surface area contributed by atoms with Gasteiger partial charge in [-0.3, -0.25) is 9.35 Å². The fourth-order valence-electron chi connectivity index (χ4n) is 2.10. The minimum absolute atomic E-state index is 0.283. The zero-order valence-corrected chi connectivity index (χ0v) is 11.2. The lowest BCUT2D eigenvalue weighted by molar-refractivity contribution is 0.0941. The third kappa shape index (κ3) is 3.19. The second-order valence-corrected chi connectivity index (χ2v) is 6.04. The van der Waals surface area contributed by atoms with Crippen molar-refractivity contribution in [2.75, 3.05) is 5.75 Å². The number of hydrogen-bond acceptors (Lipinski definition) is 3. The Hall–Kier alpha value is -1.72. The molecular weight excluding hydrogens is 264 g/mol. The van der Waals surface area contributed by atoms with Crippen molar-refractivity contribution >= 4 is 26.7 Å². The molecule has 2 aromatic rings. The molecular formula is C14H14O4S. The van der Waals surface area contributed by atoms with E-state index in [1.54, 1.807) is 12.1 Å². The SMILES string of the molecule is CC(CS(=O)(=O)O)C(=O)c1cccc2ccccc12. The van der Waals surface area contributed by atoms with E-state index in [4.69, 9.17) is 4.55 Å². The third-order valence-corrected chi connectivity index (χ3v) is 3.88. The van der Waals surface area contributed by atoms with Crippen LogP contribution in [0.5, 0.6) is 0 Å². The molecule has 2 aromatic carbocycles. The summed E-state index contributed by atoms with van der Waals surface area (Å²) in [6.45, 7) is 1.50. The number of carbonyl (C=O) groups excluding carboxylic acids is 1. The smallest absolute Gasteiger partial charge is 0.265 e. The van der Waals surface area contributed by atoms with E-state index < -0.39 is 21.8 Å². The van der Waals surface area contributed by atoms with E-state index in [1.807, 2.05) is 30.3 Å². The Morgan fingerprint density at radius 2 is 1.79 bits per heavy atom. The van der Waals surface area contributed by atoms with E-state index in [9.17, 15) is 13.2 Å². The van der Waals surface area contributed by atoms with Crippen LogP contribution in [0.2, 0.25) is 0 Å². The van der Waals surface area contributed by atoms with Crippen LogP contribution in [0.4, 0.5) is 0 Å². The minimum atomic E-state index is -4.15. The van der Waals surface area contributed by atoms with Gasteiger partial charge in [-0.15, -0.1) is 0 Å². The number of benzene rings is 2. The van der Waals surface area contributed by atoms with Crippen LogP contribution in [0.3, 0.4) is 0 Å². The summed E-state index contributed by atoms with van der Waals surface area (Å²) in [5, 5.41) is 1.71. The molecule has 0 aliphatic carbocycles. The van der Waals surface area contributed by atoms with Gasteiger partial charge in [0.15, 0.2) is 5.78 Å². The Kier molecular flexibility index (Phi) is 3.68. The Bertz CT molecular complexity index is 714. The van der Waals surface area contributed by atoms with Gasteiger partial charge in [0.1, 0.15) is 0 Å². The van der Waals surface area contributed by atoms with Crippen molar-refractivity contribution in [2.24, 2.45) is 5.92 Å². The average molecular weight is 278 g/mol. The standard InChI is InChI=1S/C14H14O4S/c1-10(9-19(16,17)18)14(15)13-8-4-6-11-5-2-3-7-12(11)13/h2-8,10H,9H2,1H3,(H,16,17,18). The summed E-state index contributed by atoms with van der Waals surface area (Å²) in [6, 6.07) is 12.7. The quantitative estimate of drug-likeness (QED) is 0.689. The highest BCUT2D eigenvalue weighted by atomic mass is 32.2. The topological polar surface area (TPSA) is 71.4 Å². The first kappa shape index (κ1) is 13.7. The number of hydrogen-bond donors (Lipinski definition) is 1. The molecule has 0 aliphatic rings. The van der Waals surface area contributed by atoms with Crippen LogP contribution in [0, 0.1) is 5.92 Å². The zero-order valence-electron chi connectivity index (χ0n) is 10.4. The lowest BCUT2D eigenvalue weighted by Crippen LogP contribution is -2.21. The van der Waals surface area contributed by atoms with Crippen LogP contribution in [-0.2, 0) is 10.1 Å². The molecule has 0 radical (unpaired) electrons. The molecule has 4 nitrogen and oxygen atoms in total. The van der Waals surface area contributed by atoms with Gasteiger partial charge in [-0.25, -0.2) is 0 Å². The first-order chi connectivity index (χ1) is 8.88. The molecule has 5 heteroatoms. The summed E-state index contributed by atoms with van der Waals surface area (Å²) < 4.78 is 30.5. The van der Waals surface area contributed by atoms with Gasteiger partial charge in [0, 0.05) is 11.5 Å². The Balaban J connectivity index is 2.42. The molecule has 1 unspecified atom stereocenters. The van der Waals surface area contributed by atoms with Gasteiger partial charge in [-0.05, 0) is 10.8 Å². The first-order valence-corrected chi connectivity index (χ1v) is 7.46. The van der Waals surface area contributed by atoms with Crippen LogP contribution in [0.1, 0.15) is 17.3 Å². The molecule has 2 rings (SSSR count). The summed E-state index contributed by atoms with van der Waals surface area (Å²) in [5.41, 5.74) is 0.481. The van der Waals surface area contributed by atoms with Gasteiger partial charge in [-0.1, -0.05) is 49.4 Å². The second kappa shape index (κ2) is 5.11. The molecule has 0 saturated heterocycles. The molecule has 0 saturated carbocycles. The molecule has 1 atom stereocenters. The normalized spacial score (nSPS) is 13.4. The maximum absolute atomic E-state index is 12.3. The first-order valence-electron chi connectivity index (χ1n) is 5.85. The van der Waals surface area contributed by atoms with Crippen LogP contribution >= 0.6 is 0 Å². The largest absolute Gasteiger partial charge is 0.294 e. The maximum atomic E-state index is 12.3. The summed E-state index contributed by atoms with van der Waals surface area (Å²) in [4.78, 5) is 12.3. The van der Waals surface area contributed by atoms with Crippen molar-refractivity contribution in [3.8, 4) is 0 Å². The summed E-state index contributed by atoms with van der Waals surface area (Å²) >= 11 is 0. The fourth-order valence-corrected chi connectivity index (χ4v) is 2.88. The molecule has 0 fully saturated rings. The number of fused-ring (bicyclic) bond motifs is 1. The average Bonchev–Trinajstić information content (AvgIpc) is 2.35.